The number of benzene rings is 1. The maximum Gasteiger partial charge on any atom is 0.262 e. The third kappa shape index (κ3) is 5.50. The minimum atomic E-state index is -0.319. The average molecular weight is 421 g/mol. The molecule has 0 radical (unpaired) electrons. The van der Waals surface area contributed by atoms with Gasteiger partial charge in [-0.2, -0.15) is 5.26 Å². The summed E-state index contributed by atoms with van der Waals surface area (Å²) in [5.74, 6) is 0.863. The van der Waals surface area contributed by atoms with Gasteiger partial charge in [0.2, 0.25) is 0 Å². The second kappa shape index (κ2) is 10.2. The molecule has 6 heteroatoms. The standard InChI is InChI=1S/C20H25BrN2O3/c1-3-9-26-19-17(21)11-14(12-18(19)25-2)10-15(13-22)20(24)23-16-7-5-4-6-8-16/h10-12,16H,3-9H2,1-2H3,(H,23,24)/b15-10+. The van der Waals surface area contributed by atoms with Crippen molar-refractivity contribution in [3.8, 4) is 17.6 Å². The molecular formula is C20H25BrN2O3. The molecule has 1 amide bonds. The zero-order valence-corrected chi connectivity index (χ0v) is 16.9. The number of hydrogen-bond acceptors (Lipinski definition) is 4. The third-order valence-corrected chi connectivity index (χ3v) is 4.91. The molecule has 1 aliphatic rings. The zero-order valence-electron chi connectivity index (χ0n) is 15.3. The molecule has 1 aromatic rings. The molecule has 140 valence electrons. The largest absolute Gasteiger partial charge is 0.493 e. The number of nitrogens with zero attached hydrogens (tertiary/aromatic N) is 1. The van der Waals surface area contributed by atoms with E-state index in [1.54, 1.807) is 19.3 Å². The van der Waals surface area contributed by atoms with E-state index in [-0.39, 0.29) is 17.5 Å². The Kier molecular flexibility index (Phi) is 7.99. The summed E-state index contributed by atoms with van der Waals surface area (Å²) in [6, 6.07) is 5.76. The fourth-order valence-corrected chi connectivity index (χ4v) is 3.57. The summed E-state index contributed by atoms with van der Waals surface area (Å²) < 4.78 is 11.8. The second-order valence-corrected chi connectivity index (χ2v) is 7.22. The number of carbonyl (C=O) groups is 1. The number of nitrogens with one attached hydrogen (secondary N) is 1. The highest BCUT2D eigenvalue weighted by Crippen LogP contribution is 2.37. The van der Waals surface area contributed by atoms with Crippen molar-refractivity contribution in [2.75, 3.05) is 13.7 Å². The fourth-order valence-electron chi connectivity index (χ4n) is 2.99. The monoisotopic (exact) mass is 420 g/mol. The summed E-state index contributed by atoms with van der Waals surface area (Å²) in [5, 5.41) is 12.4. The SMILES string of the molecule is CCCOc1c(Br)cc(/C=C(\C#N)C(=O)NC2CCCCC2)cc1OC. The van der Waals surface area contributed by atoms with E-state index in [2.05, 4.69) is 21.2 Å². The molecule has 1 N–H and O–H groups in total. The average Bonchev–Trinajstić information content (AvgIpc) is 2.65. The fraction of sp³-hybridized carbons (Fsp3) is 0.500. The zero-order chi connectivity index (χ0) is 18.9. The first kappa shape index (κ1) is 20.3. The molecule has 0 aromatic heterocycles. The lowest BCUT2D eigenvalue weighted by atomic mass is 9.95. The molecular weight excluding hydrogens is 396 g/mol. The highest BCUT2D eigenvalue weighted by atomic mass is 79.9. The Bertz CT molecular complexity index is 704. The van der Waals surface area contributed by atoms with Crippen molar-refractivity contribution in [3.05, 3.63) is 27.7 Å². The lowest BCUT2D eigenvalue weighted by Gasteiger charge is -2.22. The molecule has 1 aliphatic carbocycles. The van der Waals surface area contributed by atoms with Gasteiger partial charge in [0.05, 0.1) is 18.2 Å². The van der Waals surface area contributed by atoms with E-state index in [0.717, 1.165) is 36.6 Å². The van der Waals surface area contributed by atoms with Crippen LogP contribution in [0.5, 0.6) is 11.5 Å². The van der Waals surface area contributed by atoms with Gasteiger partial charge in [-0.25, -0.2) is 0 Å². The van der Waals surface area contributed by atoms with Crippen molar-refractivity contribution in [1.82, 2.24) is 5.32 Å². The minimum absolute atomic E-state index is 0.0896. The van der Waals surface area contributed by atoms with E-state index in [1.807, 2.05) is 19.1 Å². The number of rotatable bonds is 7. The van der Waals surface area contributed by atoms with Gasteiger partial charge < -0.3 is 14.8 Å². The number of halogens is 1. The molecule has 0 heterocycles. The van der Waals surface area contributed by atoms with Crippen LogP contribution in [0.4, 0.5) is 0 Å². The van der Waals surface area contributed by atoms with Gasteiger partial charge in [0, 0.05) is 6.04 Å². The van der Waals surface area contributed by atoms with Crippen LogP contribution in [0, 0.1) is 11.3 Å². The van der Waals surface area contributed by atoms with Crippen molar-refractivity contribution >= 4 is 27.9 Å². The number of carbonyl (C=O) groups excluding carboxylic acids is 1. The third-order valence-electron chi connectivity index (χ3n) is 4.32. The van der Waals surface area contributed by atoms with Crippen molar-refractivity contribution in [2.45, 2.75) is 51.5 Å². The topological polar surface area (TPSA) is 71.3 Å². The number of ether oxygens (including phenoxy) is 2. The Labute approximate surface area is 163 Å². The molecule has 0 spiro atoms. The molecule has 1 saturated carbocycles. The molecule has 1 aromatic carbocycles. The molecule has 0 aliphatic heterocycles. The van der Waals surface area contributed by atoms with E-state index < -0.39 is 0 Å². The van der Waals surface area contributed by atoms with E-state index >= 15 is 0 Å². The molecule has 0 atom stereocenters. The van der Waals surface area contributed by atoms with Crippen LogP contribution in [0.1, 0.15) is 51.0 Å². The smallest absolute Gasteiger partial charge is 0.262 e. The van der Waals surface area contributed by atoms with Gasteiger partial charge in [-0.3, -0.25) is 4.79 Å². The predicted octanol–water partition coefficient (Wildman–Crippen LogP) is 4.60. The first-order valence-electron chi connectivity index (χ1n) is 9.02. The van der Waals surface area contributed by atoms with Gasteiger partial charge in [0.1, 0.15) is 11.6 Å². The van der Waals surface area contributed by atoms with Crippen LogP contribution in [0.3, 0.4) is 0 Å². The van der Waals surface area contributed by atoms with E-state index in [1.165, 1.54) is 6.42 Å². The summed E-state index contributed by atoms with van der Waals surface area (Å²) in [4.78, 5) is 12.4. The van der Waals surface area contributed by atoms with Gasteiger partial charge >= 0.3 is 0 Å². The molecule has 26 heavy (non-hydrogen) atoms. The number of amides is 1. The lowest BCUT2D eigenvalue weighted by molar-refractivity contribution is -0.117. The van der Waals surface area contributed by atoms with E-state index in [9.17, 15) is 10.1 Å². The van der Waals surface area contributed by atoms with Crippen molar-refractivity contribution < 1.29 is 14.3 Å². The quantitative estimate of drug-likeness (QED) is 0.516. The maximum atomic E-state index is 12.4. The van der Waals surface area contributed by atoms with Gasteiger partial charge in [0.25, 0.3) is 5.91 Å². The van der Waals surface area contributed by atoms with Crippen molar-refractivity contribution in [3.63, 3.8) is 0 Å². The summed E-state index contributed by atoms with van der Waals surface area (Å²) in [6.07, 6.45) is 7.89. The second-order valence-electron chi connectivity index (χ2n) is 6.36. The van der Waals surface area contributed by atoms with Crippen LogP contribution >= 0.6 is 15.9 Å². The molecule has 0 bridgehead atoms. The first-order valence-corrected chi connectivity index (χ1v) is 9.81. The van der Waals surface area contributed by atoms with Crippen molar-refractivity contribution in [2.24, 2.45) is 0 Å². The highest BCUT2D eigenvalue weighted by Gasteiger charge is 2.18. The Morgan fingerprint density at radius 1 is 1.38 bits per heavy atom. The normalized spacial score (nSPS) is 15.2. The summed E-state index contributed by atoms with van der Waals surface area (Å²) in [5.41, 5.74) is 0.791. The summed E-state index contributed by atoms with van der Waals surface area (Å²) in [7, 11) is 1.56. The predicted molar refractivity (Wildman–Crippen MR) is 105 cm³/mol. The molecule has 2 rings (SSSR count). The van der Waals surface area contributed by atoms with Crippen LogP contribution < -0.4 is 14.8 Å². The summed E-state index contributed by atoms with van der Waals surface area (Å²) >= 11 is 3.48. The van der Waals surface area contributed by atoms with Gasteiger partial charge in [-0.1, -0.05) is 26.2 Å². The van der Waals surface area contributed by atoms with Crippen molar-refractivity contribution in [1.29, 1.82) is 5.26 Å². The number of nitriles is 1. The number of hydrogen-bond donors (Lipinski definition) is 1. The van der Waals surface area contributed by atoms with Crippen LogP contribution in [-0.4, -0.2) is 25.7 Å². The van der Waals surface area contributed by atoms with Crippen LogP contribution in [0.15, 0.2) is 22.2 Å². The molecule has 1 fully saturated rings. The van der Waals surface area contributed by atoms with Crippen LogP contribution in [-0.2, 0) is 4.79 Å². The molecule has 0 unspecified atom stereocenters. The van der Waals surface area contributed by atoms with Gasteiger partial charge in [-0.05, 0) is 59.0 Å². The maximum absolute atomic E-state index is 12.4. The molecule has 0 saturated heterocycles. The van der Waals surface area contributed by atoms with Crippen LogP contribution in [0.2, 0.25) is 0 Å². The molecule has 5 nitrogen and oxygen atoms in total. The Morgan fingerprint density at radius 3 is 2.73 bits per heavy atom. The number of methoxy groups -OCH3 is 1. The minimum Gasteiger partial charge on any atom is -0.493 e. The Hall–Kier alpha value is -2.00. The van der Waals surface area contributed by atoms with Crippen LogP contribution in [0.25, 0.3) is 6.08 Å². The lowest BCUT2D eigenvalue weighted by Crippen LogP contribution is -2.36. The van der Waals surface area contributed by atoms with E-state index in [4.69, 9.17) is 9.47 Å². The van der Waals surface area contributed by atoms with E-state index in [0.29, 0.717) is 23.7 Å². The van der Waals surface area contributed by atoms with Gasteiger partial charge in [-0.15, -0.1) is 0 Å². The highest BCUT2D eigenvalue weighted by molar-refractivity contribution is 9.10. The Balaban J connectivity index is 2.20. The Morgan fingerprint density at radius 2 is 2.12 bits per heavy atom. The first-order chi connectivity index (χ1) is 12.6. The van der Waals surface area contributed by atoms with Gasteiger partial charge in [0.15, 0.2) is 11.5 Å². The summed E-state index contributed by atoms with van der Waals surface area (Å²) in [6.45, 7) is 2.61.